The average Bonchev–Trinajstić information content (AvgIpc) is 2.14. The molecule has 12 heavy (non-hydrogen) atoms. The Morgan fingerprint density at radius 1 is 1.25 bits per heavy atom. The summed E-state index contributed by atoms with van der Waals surface area (Å²) in [4.78, 5) is 4.26. The van der Waals surface area contributed by atoms with Crippen LogP contribution in [0.25, 0.3) is 0 Å². The van der Waals surface area contributed by atoms with E-state index in [4.69, 9.17) is 0 Å². The fourth-order valence-corrected chi connectivity index (χ4v) is 1.00. The molecule has 0 aliphatic rings. The Morgan fingerprint density at radius 2 is 2.00 bits per heavy atom. The van der Waals surface area contributed by atoms with Crippen molar-refractivity contribution in [1.29, 1.82) is 0 Å². The van der Waals surface area contributed by atoms with Gasteiger partial charge in [0, 0.05) is 19.2 Å². The van der Waals surface area contributed by atoms with Gasteiger partial charge in [-0.25, -0.2) is 0 Å². The van der Waals surface area contributed by atoms with Crippen molar-refractivity contribution in [2.75, 3.05) is 6.54 Å². The van der Waals surface area contributed by atoms with Crippen LogP contribution in [0.15, 0.2) is 35.3 Å². The highest BCUT2D eigenvalue weighted by Gasteiger charge is 1.85. The van der Waals surface area contributed by atoms with Gasteiger partial charge in [-0.2, -0.15) is 0 Å². The van der Waals surface area contributed by atoms with Crippen molar-refractivity contribution in [3.05, 3.63) is 35.9 Å². The Hall–Kier alpha value is -1.11. The smallest absolute Gasteiger partial charge is 0.0382 e. The lowest BCUT2D eigenvalue weighted by atomic mass is 10.2. The standard InChI is InChI=1S/C11H15N/c1-2-9-12-10-8-11-6-4-3-5-7-11/h3-7,10H,2,8-9H2,1H3. The van der Waals surface area contributed by atoms with Gasteiger partial charge in [0.25, 0.3) is 0 Å². The summed E-state index contributed by atoms with van der Waals surface area (Å²) in [6.07, 6.45) is 4.09. The van der Waals surface area contributed by atoms with Gasteiger partial charge in [-0.3, -0.25) is 4.99 Å². The average molecular weight is 161 g/mol. The Balaban J connectivity index is 2.33. The van der Waals surface area contributed by atoms with E-state index in [0.29, 0.717) is 0 Å². The number of benzene rings is 1. The van der Waals surface area contributed by atoms with Crippen molar-refractivity contribution in [2.24, 2.45) is 4.99 Å². The summed E-state index contributed by atoms with van der Waals surface area (Å²) < 4.78 is 0. The molecule has 0 N–H and O–H groups in total. The van der Waals surface area contributed by atoms with Crippen LogP contribution >= 0.6 is 0 Å². The van der Waals surface area contributed by atoms with E-state index in [1.807, 2.05) is 12.3 Å². The molecule has 1 aromatic carbocycles. The van der Waals surface area contributed by atoms with Gasteiger partial charge >= 0.3 is 0 Å². The fraction of sp³-hybridized carbons (Fsp3) is 0.364. The van der Waals surface area contributed by atoms with Crippen LogP contribution in [0, 0.1) is 0 Å². The summed E-state index contributed by atoms with van der Waals surface area (Å²) in [6, 6.07) is 10.4. The predicted molar refractivity (Wildman–Crippen MR) is 53.8 cm³/mol. The van der Waals surface area contributed by atoms with Crippen LogP contribution in [-0.2, 0) is 6.42 Å². The van der Waals surface area contributed by atoms with E-state index in [1.165, 1.54) is 5.56 Å². The second-order valence-electron chi connectivity index (χ2n) is 2.78. The van der Waals surface area contributed by atoms with E-state index < -0.39 is 0 Å². The summed E-state index contributed by atoms with van der Waals surface area (Å²) >= 11 is 0. The summed E-state index contributed by atoms with van der Waals surface area (Å²) in [5.74, 6) is 0. The molecule has 0 saturated heterocycles. The Labute approximate surface area is 74.2 Å². The van der Waals surface area contributed by atoms with Gasteiger partial charge in [0.1, 0.15) is 0 Å². The minimum atomic E-state index is 0.951. The van der Waals surface area contributed by atoms with Crippen LogP contribution in [0.2, 0.25) is 0 Å². The van der Waals surface area contributed by atoms with E-state index in [9.17, 15) is 0 Å². The summed E-state index contributed by atoms with van der Waals surface area (Å²) in [7, 11) is 0. The minimum Gasteiger partial charge on any atom is -0.297 e. The van der Waals surface area contributed by atoms with Gasteiger partial charge in [0.05, 0.1) is 0 Å². The van der Waals surface area contributed by atoms with Crippen molar-refractivity contribution in [1.82, 2.24) is 0 Å². The number of rotatable bonds is 4. The topological polar surface area (TPSA) is 12.4 Å². The first kappa shape index (κ1) is 8.98. The van der Waals surface area contributed by atoms with Gasteiger partial charge in [0.15, 0.2) is 0 Å². The second kappa shape index (κ2) is 5.53. The van der Waals surface area contributed by atoms with Gasteiger partial charge < -0.3 is 0 Å². The molecule has 0 atom stereocenters. The molecule has 1 nitrogen and oxygen atoms in total. The number of aliphatic imine (C=N–C) groups is 1. The second-order valence-corrected chi connectivity index (χ2v) is 2.78. The molecule has 0 aliphatic heterocycles. The highest BCUT2D eigenvalue weighted by Crippen LogP contribution is 1.97. The molecule has 0 radical (unpaired) electrons. The molecule has 0 aliphatic carbocycles. The lowest BCUT2D eigenvalue weighted by Crippen LogP contribution is -1.86. The zero-order valence-corrected chi connectivity index (χ0v) is 7.53. The third kappa shape index (κ3) is 3.33. The molecule has 1 rings (SSSR count). The summed E-state index contributed by atoms with van der Waals surface area (Å²) in [5, 5.41) is 0. The van der Waals surface area contributed by atoms with Gasteiger partial charge in [-0.1, -0.05) is 37.3 Å². The van der Waals surface area contributed by atoms with E-state index in [1.54, 1.807) is 0 Å². The maximum absolute atomic E-state index is 4.26. The van der Waals surface area contributed by atoms with E-state index >= 15 is 0 Å². The summed E-state index contributed by atoms with van der Waals surface area (Å²) in [6.45, 7) is 3.09. The molecule has 0 unspecified atom stereocenters. The van der Waals surface area contributed by atoms with Crippen LogP contribution in [0.5, 0.6) is 0 Å². The quantitative estimate of drug-likeness (QED) is 0.602. The first-order chi connectivity index (χ1) is 5.93. The largest absolute Gasteiger partial charge is 0.297 e. The van der Waals surface area contributed by atoms with Crippen LogP contribution in [0.3, 0.4) is 0 Å². The van der Waals surface area contributed by atoms with Crippen molar-refractivity contribution >= 4 is 6.21 Å². The van der Waals surface area contributed by atoms with E-state index in [-0.39, 0.29) is 0 Å². The van der Waals surface area contributed by atoms with E-state index in [0.717, 1.165) is 19.4 Å². The first-order valence-corrected chi connectivity index (χ1v) is 4.45. The molecule has 0 bridgehead atoms. The predicted octanol–water partition coefficient (Wildman–Crippen LogP) is 2.71. The fourth-order valence-electron chi connectivity index (χ4n) is 1.00. The van der Waals surface area contributed by atoms with Gasteiger partial charge in [0.2, 0.25) is 0 Å². The summed E-state index contributed by atoms with van der Waals surface area (Å²) in [5.41, 5.74) is 1.33. The van der Waals surface area contributed by atoms with Crippen molar-refractivity contribution < 1.29 is 0 Å². The molecule has 1 aromatic rings. The maximum atomic E-state index is 4.26. The SMILES string of the molecule is CCCN=CCc1ccccc1. The molecular formula is C11H15N. The number of hydrogen-bond acceptors (Lipinski definition) is 1. The molecule has 0 saturated carbocycles. The Morgan fingerprint density at radius 3 is 2.67 bits per heavy atom. The zero-order valence-electron chi connectivity index (χ0n) is 7.53. The molecule has 0 aromatic heterocycles. The molecule has 0 fully saturated rings. The van der Waals surface area contributed by atoms with Crippen LogP contribution < -0.4 is 0 Å². The molecular weight excluding hydrogens is 146 g/mol. The van der Waals surface area contributed by atoms with Gasteiger partial charge in [-0.05, 0) is 12.0 Å². The lowest BCUT2D eigenvalue weighted by molar-refractivity contribution is 0.933. The Bertz CT molecular complexity index is 226. The normalized spacial score (nSPS) is 10.8. The first-order valence-electron chi connectivity index (χ1n) is 4.45. The molecule has 64 valence electrons. The molecule has 0 spiro atoms. The minimum absolute atomic E-state index is 0.951. The van der Waals surface area contributed by atoms with Crippen LogP contribution in [-0.4, -0.2) is 12.8 Å². The highest BCUT2D eigenvalue weighted by molar-refractivity contribution is 5.61. The third-order valence-electron chi connectivity index (χ3n) is 1.65. The maximum Gasteiger partial charge on any atom is 0.0382 e. The highest BCUT2D eigenvalue weighted by atomic mass is 14.7. The van der Waals surface area contributed by atoms with Crippen LogP contribution in [0.4, 0.5) is 0 Å². The molecule has 0 amide bonds. The zero-order chi connectivity index (χ0) is 8.65. The third-order valence-corrected chi connectivity index (χ3v) is 1.65. The van der Waals surface area contributed by atoms with Crippen molar-refractivity contribution in [2.45, 2.75) is 19.8 Å². The van der Waals surface area contributed by atoms with E-state index in [2.05, 4.69) is 36.2 Å². The molecule has 0 heterocycles. The van der Waals surface area contributed by atoms with Crippen molar-refractivity contribution in [3.8, 4) is 0 Å². The monoisotopic (exact) mass is 161 g/mol. The lowest BCUT2D eigenvalue weighted by Gasteiger charge is -1.93. The van der Waals surface area contributed by atoms with Crippen LogP contribution in [0.1, 0.15) is 18.9 Å². The number of nitrogens with zero attached hydrogens (tertiary/aromatic N) is 1. The Kier molecular flexibility index (Phi) is 4.14. The van der Waals surface area contributed by atoms with Crippen molar-refractivity contribution in [3.63, 3.8) is 0 Å². The number of hydrogen-bond donors (Lipinski definition) is 0. The van der Waals surface area contributed by atoms with Gasteiger partial charge in [-0.15, -0.1) is 0 Å². The molecule has 1 heteroatoms.